The van der Waals surface area contributed by atoms with E-state index in [0.29, 0.717) is 11.8 Å². The average Bonchev–Trinajstić information content (AvgIpc) is 2.64. The van der Waals surface area contributed by atoms with Gasteiger partial charge in [0, 0.05) is 5.92 Å². The van der Waals surface area contributed by atoms with Gasteiger partial charge in [-0.2, -0.15) is 0 Å². The number of carboxylic acids is 1. The van der Waals surface area contributed by atoms with Gasteiger partial charge in [0.1, 0.15) is 6.54 Å². The van der Waals surface area contributed by atoms with Crippen LogP contribution in [-0.4, -0.2) is 23.5 Å². The van der Waals surface area contributed by atoms with Crippen molar-refractivity contribution in [3.8, 4) is 0 Å². The number of carbonyl (C=O) groups is 2. The minimum absolute atomic E-state index is 0.0241. The smallest absolute Gasteiger partial charge is 0.322 e. The molecule has 0 aromatic rings. The highest BCUT2D eigenvalue weighted by atomic mass is 16.4. The summed E-state index contributed by atoms with van der Waals surface area (Å²) >= 11 is 0. The summed E-state index contributed by atoms with van der Waals surface area (Å²) in [5.74, 6) is 1.88. The van der Waals surface area contributed by atoms with Crippen LogP contribution in [-0.2, 0) is 9.59 Å². The number of fused-ring (bicyclic) bond motifs is 5. The van der Waals surface area contributed by atoms with Gasteiger partial charge < -0.3 is 10.4 Å². The van der Waals surface area contributed by atoms with Gasteiger partial charge in [-0.15, -0.1) is 0 Å². The Hall–Kier alpha value is -1.06. The maximum Gasteiger partial charge on any atom is 0.322 e. The van der Waals surface area contributed by atoms with Gasteiger partial charge in [0.05, 0.1) is 0 Å². The van der Waals surface area contributed by atoms with E-state index in [4.69, 9.17) is 5.11 Å². The van der Waals surface area contributed by atoms with Gasteiger partial charge in [-0.05, 0) is 42.9 Å². The molecule has 1 amide bonds. The summed E-state index contributed by atoms with van der Waals surface area (Å²) in [7, 11) is 0. The lowest BCUT2D eigenvalue weighted by Crippen LogP contribution is -2.32. The van der Waals surface area contributed by atoms with Crippen molar-refractivity contribution in [2.75, 3.05) is 6.54 Å². The van der Waals surface area contributed by atoms with Crippen molar-refractivity contribution in [3.05, 3.63) is 0 Å². The van der Waals surface area contributed by atoms with Crippen LogP contribution in [0.3, 0.4) is 0 Å². The SMILES string of the molecule is O=C(O)CNC(=O)C1[C@@H]2[C@@H]3CC[C@H](C3)[C@@H]12. The Kier molecular flexibility index (Phi) is 1.82. The third-order valence-electron chi connectivity index (χ3n) is 4.45. The Morgan fingerprint density at radius 1 is 1.20 bits per heavy atom. The maximum absolute atomic E-state index is 11.7. The molecule has 3 aliphatic rings. The lowest BCUT2D eigenvalue weighted by molar-refractivity contribution is -0.138. The van der Waals surface area contributed by atoms with E-state index in [-0.39, 0.29) is 18.4 Å². The normalized spacial score (nSPS) is 44.9. The summed E-state index contributed by atoms with van der Waals surface area (Å²) in [6, 6.07) is 0. The molecule has 0 aromatic carbocycles. The summed E-state index contributed by atoms with van der Waals surface area (Å²) in [4.78, 5) is 22.0. The van der Waals surface area contributed by atoms with Crippen LogP contribution in [0.5, 0.6) is 0 Å². The van der Waals surface area contributed by atoms with E-state index in [1.807, 2.05) is 0 Å². The first-order valence-electron chi connectivity index (χ1n) is 5.68. The van der Waals surface area contributed by atoms with Crippen molar-refractivity contribution < 1.29 is 14.7 Å². The minimum atomic E-state index is -0.961. The first-order valence-corrected chi connectivity index (χ1v) is 5.68. The molecule has 82 valence electrons. The average molecular weight is 209 g/mol. The third-order valence-corrected chi connectivity index (χ3v) is 4.45. The molecule has 0 spiro atoms. The topological polar surface area (TPSA) is 66.4 Å². The minimum Gasteiger partial charge on any atom is -0.480 e. The van der Waals surface area contributed by atoms with Gasteiger partial charge in [0.2, 0.25) is 5.91 Å². The molecule has 3 rings (SSSR count). The summed E-state index contributed by atoms with van der Waals surface area (Å²) in [5, 5.41) is 11.0. The molecule has 0 saturated heterocycles. The molecule has 4 atom stereocenters. The fraction of sp³-hybridized carbons (Fsp3) is 0.818. The molecule has 2 bridgehead atoms. The lowest BCUT2D eigenvalue weighted by Gasteiger charge is -2.07. The first kappa shape index (κ1) is 9.19. The molecule has 0 heterocycles. The van der Waals surface area contributed by atoms with Gasteiger partial charge >= 0.3 is 5.97 Å². The van der Waals surface area contributed by atoms with Crippen molar-refractivity contribution in [2.24, 2.45) is 29.6 Å². The van der Waals surface area contributed by atoms with Crippen LogP contribution in [0.2, 0.25) is 0 Å². The van der Waals surface area contributed by atoms with Gasteiger partial charge in [-0.1, -0.05) is 0 Å². The van der Waals surface area contributed by atoms with Crippen molar-refractivity contribution >= 4 is 11.9 Å². The number of aliphatic carboxylic acids is 1. The molecule has 15 heavy (non-hydrogen) atoms. The molecule has 0 radical (unpaired) electrons. The zero-order valence-electron chi connectivity index (χ0n) is 8.48. The Morgan fingerprint density at radius 2 is 1.80 bits per heavy atom. The van der Waals surface area contributed by atoms with Gasteiger partial charge in [0.25, 0.3) is 0 Å². The maximum atomic E-state index is 11.7. The summed E-state index contributed by atoms with van der Waals surface area (Å²) in [5.41, 5.74) is 0. The van der Waals surface area contributed by atoms with Crippen molar-refractivity contribution in [2.45, 2.75) is 19.3 Å². The lowest BCUT2D eigenvalue weighted by atomic mass is 10.0. The second-order valence-corrected chi connectivity index (χ2v) is 5.13. The van der Waals surface area contributed by atoms with Crippen LogP contribution in [0.15, 0.2) is 0 Å². The third kappa shape index (κ3) is 1.27. The molecule has 0 aliphatic heterocycles. The second-order valence-electron chi connectivity index (χ2n) is 5.13. The zero-order chi connectivity index (χ0) is 10.6. The van der Waals surface area contributed by atoms with E-state index < -0.39 is 5.97 Å². The molecule has 3 saturated carbocycles. The molecule has 3 fully saturated rings. The molecular formula is C11H15NO3. The number of carbonyl (C=O) groups excluding carboxylic acids is 1. The van der Waals surface area contributed by atoms with E-state index >= 15 is 0 Å². The van der Waals surface area contributed by atoms with E-state index in [9.17, 15) is 9.59 Å². The van der Waals surface area contributed by atoms with E-state index in [2.05, 4.69) is 5.32 Å². The Morgan fingerprint density at radius 3 is 2.33 bits per heavy atom. The fourth-order valence-corrected chi connectivity index (χ4v) is 3.96. The van der Waals surface area contributed by atoms with Crippen LogP contribution in [0.25, 0.3) is 0 Å². The number of carboxylic acid groups (broad SMARTS) is 1. The van der Waals surface area contributed by atoms with Gasteiger partial charge in [0.15, 0.2) is 0 Å². The van der Waals surface area contributed by atoms with Crippen LogP contribution < -0.4 is 5.32 Å². The molecule has 3 aliphatic carbocycles. The zero-order valence-corrected chi connectivity index (χ0v) is 8.48. The van der Waals surface area contributed by atoms with Gasteiger partial charge in [-0.25, -0.2) is 0 Å². The predicted molar refractivity (Wildman–Crippen MR) is 51.9 cm³/mol. The van der Waals surface area contributed by atoms with E-state index in [1.165, 1.54) is 19.3 Å². The number of amides is 1. The van der Waals surface area contributed by atoms with Crippen LogP contribution in [0, 0.1) is 29.6 Å². The van der Waals surface area contributed by atoms with Crippen LogP contribution in [0.4, 0.5) is 0 Å². The molecule has 4 nitrogen and oxygen atoms in total. The van der Waals surface area contributed by atoms with E-state index in [0.717, 1.165) is 11.8 Å². The Balaban J connectivity index is 1.58. The summed E-state index contributed by atoms with van der Waals surface area (Å²) in [6.45, 7) is -0.232. The number of nitrogens with one attached hydrogen (secondary N) is 1. The summed E-state index contributed by atoms with van der Waals surface area (Å²) < 4.78 is 0. The number of rotatable bonds is 3. The van der Waals surface area contributed by atoms with Crippen molar-refractivity contribution in [1.29, 1.82) is 0 Å². The molecule has 4 heteroatoms. The molecule has 0 unspecified atom stereocenters. The number of hydrogen-bond donors (Lipinski definition) is 2. The first-order chi connectivity index (χ1) is 7.18. The monoisotopic (exact) mass is 209 g/mol. The van der Waals surface area contributed by atoms with E-state index in [1.54, 1.807) is 0 Å². The predicted octanol–water partition coefficient (Wildman–Crippen LogP) is 0.479. The van der Waals surface area contributed by atoms with Crippen LogP contribution >= 0.6 is 0 Å². The molecule has 0 aromatic heterocycles. The van der Waals surface area contributed by atoms with Crippen molar-refractivity contribution in [1.82, 2.24) is 5.32 Å². The largest absolute Gasteiger partial charge is 0.480 e. The van der Waals surface area contributed by atoms with Crippen molar-refractivity contribution in [3.63, 3.8) is 0 Å². The van der Waals surface area contributed by atoms with Gasteiger partial charge in [-0.3, -0.25) is 9.59 Å². The number of hydrogen-bond acceptors (Lipinski definition) is 2. The van der Waals surface area contributed by atoms with Crippen LogP contribution in [0.1, 0.15) is 19.3 Å². The standard InChI is InChI=1S/C11H15NO3/c13-7(14)4-12-11(15)10-8-5-1-2-6(3-5)9(8)10/h5-6,8-10H,1-4H2,(H,12,15)(H,13,14)/t5-,6-,8-,9-/m1/s1. The fourth-order valence-electron chi connectivity index (χ4n) is 3.96. The summed E-state index contributed by atoms with van der Waals surface area (Å²) in [6.07, 6.45) is 3.89. The second kappa shape index (κ2) is 2.97. The highest BCUT2D eigenvalue weighted by Crippen LogP contribution is 2.69. The quantitative estimate of drug-likeness (QED) is 0.710. The highest BCUT2D eigenvalue weighted by molar-refractivity contribution is 5.85. The molecular weight excluding hydrogens is 194 g/mol. The molecule has 2 N–H and O–H groups in total. The Labute approximate surface area is 88.0 Å². The Bertz CT molecular complexity index is 312. The highest BCUT2D eigenvalue weighted by Gasteiger charge is 2.67.